The van der Waals surface area contributed by atoms with Gasteiger partial charge in [-0.05, 0) is 68.5 Å². The second-order valence-electron chi connectivity index (χ2n) is 11.6. The number of ether oxygens (including phenoxy) is 4. The average Bonchev–Trinajstić information content (AvgIpc) is 3.01. The van der Waals surface area contributed by atoms with Gasteiger partial charge in [0.05, 0.1) is 54.5 Å². The zero-order chi connectivity index (χ0) is 30.7. The number of hydrogen-bond acceptors (Lipinski definition) is 9. The van der Waals surface area contributed by atoms with Crippen molar-refractivity contribution < 1.29 is 32.9 Å². The number of hydrogen-bond donors (Lipinski definition) is 2. The molecule has 4 heterocycles. The maximum atomic E-state index is 14.2. The lowest BCUT2D eigenvalue weighted by Gasteiger charge is -2.52. The molecule has 1 amide bonds. The van der Waals surface area contributed by atoms with Gasteiger partial charge < -0.3 is 29.6 Å². The van der Waals surface area contributed by atoms with Gasteiger partial charge in [0.25, 0.3) is 0 Å². The first-order valence-corrected chi connectivity index (χ1v) is 15.1. The van der Waals surface area contributed by atoms with E-state index < -0.39 is 17.4 Å². The van der Waals surface area contributed by atoms with Crippen molar-refractivity contribution in [3.05, 3.63) is 76.3 Å². The lowest BCUT2D eigenvalue weighted by Crippen LogP contribution is -2.54. The van der Waals surface area contributed by atoms with Crippen molar-refractivity contribution >= 4 is 34.9 Å². The number of benzene rings is 2. The molecule has 2 bridgehead atoms. The van der Waals surface area contributed by atoms with Crippen LogP contribution >= 0.6 is 11.6 Å². The topological polar surface area (TPSA) is 121 Å². The van der Waals surface area contributed by atoms with E-state index in [9.17, 15) is 14.0 Å². The Labute approximate surface area is 259 Å². The number of methoxy groups -OCH3 is 1. The van der Waals surface area contributed by atoms with Gasteiger partial charge in [0.2, 0.25) is 5.91 Å². The fraction of sp³-hybridized carbons (Fsp3) is 0.438. The molecule has 12 heteroatoms. The SMILES string of the molecule is COC(=O)c1ccc(NC(=O)CC23CCC(c4ccnc(OCc5ccc(Cl)cc5F)n4)(CC2)CO3)c(NC[C@H]2CCO2)c1. The molecule has 1 aromatic heterocycles. The van der Waals surface area contributed by atoms with Gasteiger partial charge >= 0.3 is 12.0 Å². The molecular weight excluding hydrogens is 591 g/mol. The van der Waals surface area contributed by atoms with Crippen molar-refractivity contribution in [3.63, 3.8) is 0 Å². The predicted octanol–water partition coefficient (Wildman–Crippen LogP) is 5.45. The highest BCUT2D eigenvalue weighted by Crippen LogP contribution is 2.51. The number of halogens is 2. The van der Waals surface area contributed by atoms with Crippen molar-refractivity contribution in [2.24, 2.45) is 0 Å². The van der Waals surface area contributed by atoms with E-state index in [2.05, 4.69) is 20.6 Å². The summed E-state index contributed by atoms with van der Waals surface area (Å²) in [6.07, 6.45) is 5.89. The Balaban J connectivity index is 1.08. The predicted molar refractivity (Wildman–Crippen MR) is 160 cm³/mol. The molecule has 4 fully saturated rings. The van der Waals surface area contributed by atoms with Crippen LogP contribution in [0.5, 0.6) is 6.01 Å². The molecule has 2 N–H and O–H groups in total. The van der Waals surface area contributed by atoms with Crippen LogP contribution < -0.4 is 15.4 Å². The largest absolute Gasteiger partial charge is 0.465 e. The molecule has 3 aliphatic heterocycles. The zero-order valence-electron chi connectivity index (χ0n) is 24.4. The van der Waals surface area contributed by atoms with E-state index in [-0.39, 0.29) is 36.5 Å². The number of amides is 1. The highest BCUT2D eigenvalue weighted by atomic mass is 35.5. The molecule has 4 aliphatic rings. The number of fused-ring (bicyclic) bond motifs is 3. The van der Waals surface area contributed by atoms with Crippen molar-refractivity contribution in [1.82, 2.24) is 9.97 Å². The van der Waals surface area contributed by atoms with Crippen LogP contribution in [0, 0.1) is 5.82 Å². The van der Waals surface area contributed by atoms with Crippen LogP contribution in [-0.4, -0.2) is 60.4 Å². The summed E-state index contributed by atoms with van der Waals surface area (Å²) in [5.74, 6) is -1.07. The van der Waals surface area contributed by atoms with Gasteiger partial charge in [-0.15, -0.1) is 0 Å². The quantitative estimate of drug-likeness (QED) is 0.268. The Morgan fingerprint density at radius 2 is 1.93 bits per heavy atom. The van der Waals surface area contributed by atoms with E-state index in [0.29, 0.717) is 53.5 Å². The van der Waals surface area contributed by atoms with Crippen LogP contribution in [0.3, 0.4) is 0 Å². The minimum atomic E-state index is -0.566. The summed E-state index contributed by atoms with van der Waals surface area (Å²) in [4.78, 5) is 34.3. The second-order valence-corrected chi connectivity index (χ2v) is 12.1. The Morgan fingerprint density at radius 1 is 1.11 bits per heavy atom. The van der Waals surface area contributed by atoms with Crippen LogP contribution in [-0.2, 0) is 31.0 Å². The number of carbonyl (C=O) groups is 2. The van der Waals surface area contributed by atoms with Gasteiger partial charge in [0, 0.05) is 35.3 Å². The molecule has 3 saturated heterocycles. The Morgan fingerprint density at radius 3 is 2.61 bits per heavy atom. The van der Waals surface area contributed by atoms with E-state index >= 15 is 0 Å². The molecule has 7 rings (SSSR count). The first kappa shape index (κ1) is 30.2. The highest BCUT2D eigenvalue weighted by Gasteiger charge is 2.52. The van der Waals surface area contributed by atoms with Crippen LogP contribution in [0.25, 0.3) is 0 Å². The third kappa shape index (κ3) is 6.50. The molecule has 2 aromatic carbocycles. The van der Waals surface area contributed by atoms with E-state index in [1.54, 1.807) is 36.5 Å². The number of esters is 1. The average molecular weight is 625 g/mol. The van der Waals surface area contributed by atoms with E-state index in [4.69, 9.17) is 30.5 Å². The van der Waals surface area contributed by atoms with Gasteiger partial charge in [-0.2, -0.15) is 4.98 Å². The van der Waals surface area contributed by atoms with Gasteiger partial charge in [-0.3, -0.25) is 4.79 Å². The minimum absolute atomic E-state index is 0.0226. The number of rotatable bonds is 11. The third-order valence-electron chi connectivity index (χ3n) is 8.83. The van der Waals surface area contributed by atoms with E-state index in [0.717, 1.165) is 31.6 Å². The normalized spacial score (nSPS) is 23.8. The van der Waals surface area contributed by atoms with Gasteiger partial charge in [-0.25, -0.2) is 14.2 Å². The molecule has 1 atom stereocenters. The maximum absolute atomic E-state index is 14.2. The van der Waals surface area contributed by atoms with Crippen LogP contribution in [0.4, 0.5) is 15.8 Å². The smallest absolute Gasteiger partial charge is 0.337 e. The zero-order valence-corrected chi connectivity index (χ0v) is 25.1. The standard InChI is InChI=1S/C32H34ClFN4O6/c1-41-29(40)20-3-5-25(26(14-20)36-17-23-7-13-42-23)37-28(39)16-32-10-8-31(9-11-32,19-44-32)27-6-12-35-30(38-27)43-18-21-2-4-22(33)15-24(21)34/h2-6,12,14-15,23,36H,7-11,13,16-19H2,1H3,(H,37,39)/t23-,31?,32?/m1/s1. The Bertz CT molecular complexity index is 1530. The Hall–Kier alpha value is -3.80. The van der Waals surface area contributed by atoms with Crippen molar-refractivity contribution in [2.75, 3.05) is 37.5 Å². The fourth-order valence-electron chi connectivity index (χ4n) is 6.01. The first-order valence-electron chi connectivity index (χ1n) is 14.7. The molecule has 10 nitrogen and oxygen atoms in total. The molecule has 44 heavy (non-hydrogen) atoms. The summed E-state index contributed by atoms with van der Waals surface area (Å²) in [7, 11) is 1.33. The van der Waals surface area contributed by atoms with E-state index in [1.165, 1.54) is 13.2 Å². The molecular formula is C32H34ClFN4O6. The number of aromatic nitrogens is 2. The molecule has 1 saturated carbocycles. The number of nitrogens with zero attached hydrogens (tertiary/aromatic N) is 2. The maximum Gasteiger partial charge on any atom is 0.337 e. The van der Waals surface area contributed by atoms with Crippen molar-refractivity contribution in [3.8, 4) is 6.01 Å². The summed E-state index contributed by atoms with van der Waals surface area (Å²) in [5.41, 5.74) is 1.88. The summed E-state index contributed by atoms with van der Waals surface area (Å²) in [6, 6.07) is 11.5. The molecule has 0 spiro atoms. The Kier molecular flexibility index (Phi) is 8.70. The van der Waals surface area contributed by atoms with Crippen LogP contribution in [0.1, 0.15) is 60.1 Å². The molecule has 0 radical (unpaired) electrons. The second kappa shape index (κ2) is 12.7. The summed E-state index contributed by atoms with van der Waals surface area (Å²) in [5, 5.41) is 6.63. The summed E-state index contributed by atoms with van der Waals surface area (Å²) in [6.45, 7) is 1.70. The molecule has 3 aromatic rings. The van der Waals surface area contributed by atoms with E-state index in [1.807, 2.05) is 6.07 Å². The first-order chi connectivity index (χ1) is 21.3. The lowest BCUT2D eigenvalue weighted by atomic mass is 9.63. The summed E-state index contributed by atoms with van der Waals surface area (Å²) < 4.78 is 36.7. The van der Waals surface area contributed by atoms with Crippen LogP contribution in [0.2, 0.25) is 5.02 Å². The van der Waals surface area contributed by atoms with Gasteiger partial charge in [-0.1, -0.05) is 17.7 Å². The number of anilines is 2. The van der Waals surface area contributed by atoms with Gasteiger partial charge in [0.1, 0.15) is 12.4 Å². The number of carbonyl (C=O) groups excluding carboxylic acids is 2. The molecule has 1 aliphatic carbocycles. The minimum Gasteiger partial charge on any atom is -0.465 e. The molecule has 0 unspecified atom stereocenters. The third-order valence-corrected chi connectivity index (χ3v) is 9.07. The van der Waals surface area contributed by atoms with Crippen molar-refractivity contribution in [1.29, 1.82) is 0 Å². The lowest BCUT2D eigenvalue weighted by molar-refractivity contribution is -0.165. The van der Waals surface area contributed by atoms with Gasteiger partial charge in [0.15, 0.2) is 0 Å². The molecule has 232 valence electrons. The fourth-order valence-corrected chi connectivity index (χ4v) is 6.17. The van der Waals surface area contributed by atoms with Crippen LogP contribution in [0.15, 0.2) is 48.7 Å². The summed E-state index contributed by atoms with van der Waals surface area (Å²) >= 11 is 5.84. The highest BCUT2D eigenvalue weighted by molar-refractivity contribution is 6.30. The van der Waals surface area contributed by atoms with Crippen molar-refractivity contribution in [2.45, 2.75) is 62.3 Å². The number of nitrogens with one attached hydrogen (secondary N) is 2. The monoisotopic (exact) mass is 624 g/mol.